The topological polar surface area (TPSA) is 65.5 Å². The van der Waals surface area contributed by atoms with Crippen LogP contribution < -0.4 is 10.2 Å². The molecule has 1 aliphatic heterocycles. The summed E-state index contributed by atoms with van der Waals surface area (Å²) in [6, 6.07) is 9.24. The maximum Gasteiger partial charge on any atom is 0.243 e. The maximum atomic E-state index is 12.5. The van der Waals surface area contributed by atoms with E-state index in [9.17, 15) is 9.59 Å². The number of carbonyl (C=O) groups excluding carboxylic acids is 2. The van der Waals surface area contributed by atoms with Gasteiger partial charge >= 0.3 is 0 Å². The number of rotatable bonds is 5. The largest absolute Gasteiger partial charge is 0.314 e. The van der Waals surface area contributed by atoms with Crippen molar-refractivity contribution in [1.82, 2.24) is 9.88 Å². The molecule has 0 saturated carbocycles. The molecular weight excluding hydrogens is 324 g/mol. The van der Waals surface area contributed by atoms with E-state index in [1.54, 1.807) is 18.1 Å². The zero-order valence-electron chi connectivity index (χ0n) is 13.5. The number of likely N-dealkylation sites (tertiary alicyclic amines) is 1. The highest BCUT2D eigenvalue weighted by Gasteiger charge is 2.32. The molecule has 6 nitrogen and oxygen atoms in total. The van der Waals surface area contributed by atoms with Crippen molar-refractivity contribution >= 4 is 34.0 Å². The summed E-state index contributed by atoms with van der Waals surface area (Å²) in [4.78, 5) is 32.6. The van der Waals surface area contributed by atoms with Crippen LogP contribution in [0.25, 0.3) is 0 Å². The predicted molar refractivity (Wildman–Crippen MR) is 95.2 cm³/mol. The van der Waals surface area contributed by atoms with E-state index in [1.165, 1.54) is 11.3 Å². The summed E-state index contributed by atoms with van der Waals surface area (Å²) in [5.41, 5.74) is 0.852. The number of aromatic nitrogens is 1. The Balaban J connectivity index is 1.61. The van der Waals surface area contributed by atoms with Gasteiger partial charge < -0.3 is 10.2 Å². The molecule has 1 aromatic carbocycles. The summed E-state index contributed by atoms with van der Waals surface area (Å²) < 4.78 is 0. The van der Waals surface area contributed by atoms with Gasteiger partial charge in [0.25, 0.3) is 0 Å². The number of likely N-dealkylation sites (N-methyl/N-ethyl adjacent to an activating group) is 1. The third kappa shape index (κ3) is 3.80. The summed E-state index contributed by atoms with van der Waals surface area (Å²) in [6.07, 6.45) is 3.34. The number of hydrogen-bond acceptors (Lipinski definition) is 5. The highest BCUT2D eigenvalue weighted by molar-refractivity contribution is 7.13. The number of nitrogens with zero attached hydrogens (tertiary/aromatic N) is 3. The van der Waals surface area contributed by atoms with E-state index in [4.69, 9.17) is 0 Å². The molecule has 1 atom stereocenters. The molecule has 1 N–H and O–H groups in total. The van der Waals surface area contributed by atoms with Gasteiger partial charge in [-0.2, -0.15) is 0 Å². The van der Waals surface area contributed by atoms with Gasteiger partial charge in [-0.15, -0.1) is 11.3 Å². The Kier molecular flexibility index (Phi) is 5.22. The highest BCUT2D eigenvalue weighted by Crippen LogP contribution is 2.21. The minimum absolute atomic E-state index is 0.0184. The monoisotopic (exact) mass is 344 g/mol. The summed E-state index contributed by atoms with van der Waals surface area (Å²) in [5, 5.41) is 5.25. The molecule has 0 unspecified atom stereocenters. The summed E-state index contributed by atoms with van der Waals surface area (Å²) >= 11 is 1.39. The van der Waals surface area contributed by atoms with E-state index in [1.807, 2.05) is 40.6 Å². The van der Waals surface area contributed by atoms with E-state index in [2.05, 4.69) is 10.3 Å². The van der Waals surface area contributed by atoms with E-state index >= 15 is 0 Å². The summed E-state index contributed by atoms with van der Waals surface area (Å²) in [6.45, 7) is 0.992. The third-order valence-corrected chi connectivity index (χ3v) is 4.87. The van der Waals surface area contributed by atoms with Gasteiger partial charge in [0.15, 0.2) is 5.13 Å². The summed E-state index contributed by atoms with van der Waals surface area (Å²) in [5.74, 6) is -0.104. The van der Waals surface area contributed by atoms with Gasteiger partial charge in [0.2, 0.25) is 11.8 Å². The van der Waals surface area contributed by atoms with Crippen molar-refractivity contribution in [3.05, 3.63) is 41.9 Å². The molecule has 0 spiro atoms. The number of nitrogens with one attached hydrogen (secondary N) is 1. The quantitative estimate of drug-likeness (QED) is 0.903. The number of carbonyl (C=O) groups is 2. The molecule has 2 aromatic rings. The fourth-order valence-corrected chi connectivity index (χ4v) is 3.39. The SMILES string of the molecule is CN(C(=O)CN1CCC[C@@H]1C(=O)Nc1nccs1)c1ccccc1. The number of amides is 2. The second-order valence-corrected chi connectivity index (χ2v) is 6.64. The zero-order chi connectivity index (χ0) is 16.9. The van der Waals surface area contributed by atoms with Crippen LogP contribution in [0.1, 0.15) is 12.8 Å². The molecule has 7 heteroatoms. The van der Waals surface area contributed by atoms with Crippen LogP contribution in [0.5, 0.6) is 0 Å². The van der Waals surface area contributed by atoms with Crippen LogP contribution in [0.4, 0.5) is 10.8 Å². The average Bonchev–Trinajstić information content (AvgIpc) is 3.26. The highest BCUT2D eigenvalue weighted by atomic mass is 32.1. The van der Waals surface area contributed by atoms with Crippen molar-refractivity contribution in [2.24, 2.45) is 0 Å². The van der Waals surface area contributed by atoms with Crippen LogP contribution >= 0.6 is 11.3 Å². The van der Waals surface area contributed by atoms with Crippen LogP contribution in [-0.4, -0.2) is 47.9 Å². The molecule has 126 valence electrons. The molecule has 0 bridgehead atoms. The van der Waals surface area contributed by atoms with Crippen molar-refractivity contribution in [1.29, 1.82) is 0 Å². The molecule has 1 saturated heterocycles. The number of thiazole rings is 1. The molecular formula is C17H20N4O2S. The molecule has 0 aliphatic carbocycles. The normalized spacial score (nSPS) is 17.6. The van der Waals surface area contributed by atoms with E-state index < -0.39 is 0 Å². The lowest BCUT2D eigenvalue weighted by molar-refractivity contribution is -0.123. The van der Waals surface area contributed by atoms with Gasteiger partial charge in [-0.05, 0) is 31.5 Å². The fourth-order valence-electron chi connectivity index (χ4n) is 2.86. The number of hydrogen-bond donors (Lipinski definition) is 1. The Hall–Kier alpha value is -2.25. The van der Waals surface area contributed by atoms with Crippen molar-refractivity contribution in [3.8, 4) is 0 Å². The molecule has 24 heavy (non-hydrogen) atoms. The molecule has 3 rings (SSSR count). The average molecular weight is 344 g/mol. The standard InChI is InChI=1S/C17H20N4O2S/c1-20(13-6-3-2-4-7-13)15(22)12-21-10-5-8-14(21)16(23)19-17-18-9-11-24-17/h2-4,6-7,9,11,14H,5,8,10,12H2,1H3,(H,18,19,23)/t14-/m1/s1. The van der Waals surface area contributed by atoms with E-state index in [0.29, 0.717) is 5.13 Å². The smallest absolute Gasteiger partial charge is 0.243 e. The Morgan fingerprint density at radius 3 is 2.88 bits per heavy atom. The first-order chi connectivity index (χ1) is 11.6. The third-order valence-electron chi connectivity index (χ3n) is 4.18. The van der Waals surface area contributed by atoms with Crippen molar-refractivity contribution in [3.63, 3.8) is 0 Å². The van der Waals surface area contributed by atoms with Crippen molar-refractivity contribution in [2.45, 2.75) is 18.9 Å². The molecule has 0 radical (unpaired) electrons. The van der Waals surface area contributed by atoms with Crippen molar-refractivity contribution < 1.29 is 9.59 Å². The first kappa shape index (κ1) is 16.6. The Morgan fingerprint density at radius 2 is 2.17 bits per heavy atom. The predicted octanol–water partition coefficient (Wildman–Crippen LogP) is 2.21. The van der Waals surface area contributed by atoms with Crippen LogP contribution in [0.15, 0.2) is 41.9 Å². The minimum atomic E-state index is -0.276. The first-order valence-corrected chi connectivity index (χ1v) is 8.79. The van der Waals surface area contributed by atoms with Gasteiger partial charge in [-0.3, -0.25) is 14.5 Å². The van der Waals surface area contributed by atoms with Gasteiger partial charge in [0.1, 0.15) is 0 Å². The maximum absolute atomic E-state index is 12.5. The molecule has 2 amide bonds. The van der Waals surface area contributed by atoms with Gasteiger partial charge in [0.05, 0.1) is 12.6 Å². The lowest BCUT2D eigenvalue weighted by Gasteiger charge is -2.25. The second kappa shape index (κ2) is 7.55. The Labute approximate surface area is 145 Å². The first-order valence-electron chi connectivity index (χ1n) is 7.91. The minimum Gasteiger partial charge on any atom is -0.314 e. The van der Waals surface area contributed by atoms with E-state index in [-0.39, 0.29) is 24.4 Å². The van der Waals surface area contributed by atoms with Gasteiger partial charge in [0, 0.05) is 24.3 Å². The fraction of sp³-hybridized carbons (Fsp3) is 0.353. The van der Waals surface area contributed by atoms with Gasteiger partial charge in [-0.25, -0.2) is 4.98 Å². The van der Waals surface area contributed by atoms with Crippen LogP contribution in [0.2, 0.25) is 0 Å². The van der Waals surface area contributed by atoms with Crippen LogP contribution in [0.3, 0.4) is 0 Å². The zero-order valence-corrected chi connectivity index (χ0v) is 14.3. The van der Waals surface area contributed by atoms with Crippen molar-refractivity contribution in [2.75, 3.05) is 30.4 Å². The summed E-state index contributed by atoms with van der Waals surface area (Å²) in [7, 11) is 1.76. The Bertz CT molecular complexity index is 690. The lowest BCUT2D eigenvalue weighted by Crippen LogP contribution is -2.45. The lowest BCUT2D eigenvalue weighted by atomic mass is 10.2. The molecule has 1 aliphatic rings. The number of para-hydroxylation sites is 1. The van der Waals surface area contributed by atoms with Gasteiger partial charge in [-0.1, -0.05) is 18.2 Å². The molecule has 1 fully saturated rings. The number of benzene rings is 1. The Morgan fingerprint density at radius 1 is 1.38 bits per heavy atom. The number of anilines is 2. The van der Waals surface area contributed by atoms with Crippen LogP contribution in [-0.2, 0) is 9.59 Å². The molecule has 2 heterocycles. The molecule has 1 aromatic heterocycles. The van der Waals surface area contributed by atoms with E-state index in [0.717, 1.165) is 25.1 Å². The van der Waals surface area contributed by atoms with Crippen LogP contribution in [0, 0.1) is 0 Å². The second-order valence-electron chi connectivity index (χ2n) is 5.74.